The second-order valence-electron chi connectivity index (χ2n) is 4.55. The Balaban J connectivity index is 4.20. The molecule has 0 aromatic rings. The van der Waals surface area contributed by atoms with Crippen LogP contribution in [0.5, 0.6) is 0 Å². The summed E-state index contributed by atoms with van der Waals surface area (Å²) in [6.45, 7) is 4.68. The van der Waals surface area contributed by atoms with Crippen LogP contribution in [0, 0.1) is 11.3 Å². The number of alkyl halides is 1. The van der Waals surface area contributed by atoms with Crippen molar-refractivity contribution in [3.63, 3.8) is 0 Å². The van der Waals surface area contributed by atoms with E-state index in [0.717, 1.165) is 31.2 Å². The van der Waals surface area contributed by atoms with Crippen LogP contribution >= 0.6 is 15.9 Å². The summed E-state index contributed by atoms with van der Waals surface area (Å²) in [5, 5.41) is 0.822. The molecule has 1 atom stereocenters. The van der Waals surface area contributed by atoms with Crippen molar-refractivity contribution < 1.29 is 14.3 Å². The van der Waals surface area contributed by atoms with Crippen LogP contribution in [-0.2, 0) is 14.3 Å². The van der Waals surface area contributed by atoms with Gasteiger partial charge in [-0.05, 0) is 32.6 Å². The number of hydrogen-bond donors (Lipinski definition) is 0. The summed E-state index contributed by atoms with van der Waals surface area (Å²) in [5.41, 5.74) is -0.425. The maximum Gasteiger partial charge on any atom is 0.311 e. The molecule has 0 bridgehead atoms. The van der Waals surface area contributed by atoms with E-state index in [2.05, 4.69) is 15.9 Å². The average molecular weight is 295 g/mol. The van der Waals surface area contributed by atoms with Crippen LogP contribution in [0.15, 0.2) is 0 Å². The monoisotopic (exact) mass is 294 g/mol. The van der Waals surface area contributed by atoms with E-state index >= 15 is 0 Å². The van der Waals surface area contributed by atoms with Gasteiger partial charge in [0, 0.05) is 19.0 Å². The Labute approximate surface area is 107 Å². The zero-order valence-electron chi connectivity index (χ0n) is 10.7. The van der Waals surface area contributed by atoms with Crippen molar-refractivity contribution in [1.82, 2.24) is 0 Å². The van der Waals surface area contributed by atoms with Crippen molar-refractivity contribution in [3.05, 3.63) is 0 Å². The first-order valence-corrected chi connectivity index (χ1v) is 6.76. The minimum Gasteiger partial charge on any atom is -0.469 e. The highest BCUT2D eigenvalue weighted by atomic mass is 79.9. The van der Waals surface area contributed by atoms with Crippen molar-refractivity contribution in [2.75, 3.05) is 26.2 Å². The van der Waals surface area contributed by atoms with Crippen molar-refractivity contribution in [3.8, 4) is 0 Å². The van der Waals surface area contributed by atoms with E-state index in [4.69, 9.17) is 9.47 Å². The highest BCUT2D eigenvalue weighted by Gasteiger charge is 2.36. The third-order valence-corrected chi connectivity index (χ3v) is 3.85. The minimum atomic E-state index is -0.425. The van der Waals surface area contributed by atoms with Crippen LogP contribution in [0.2, 0.25) is 0 Å². The smallest absolute Gasteiger partial charge is 0.311 e. The lowest BCUT2D eigenvalue weighted by Gasteiger charge is -2.30. The molecule has 0 aromatic heterocycles. The lowest BCUT2D eigenvalue weighted by atomic mass is 9.77. The first-order valence-electron chi connectivity index (χ1n) is 5.64. The molecule has 0 saturated heterocycles. The lowest BCUT2D eigenvalue weighted by molar-refractivity contribution is -0.153. The number of esters is 1. The Hall–Kier alpha value is -0.0900. The molecular weight excluding hydrogens is 272 g/mol. The summed E-state index contributed by atoms with van der Waals surface area (Å²) >= 11 is 3.48. The van der Waals surface area contributed by atoms with Crippen molar-refractivity contribution in [2.24, 2.45) is 11.3 Å². The molecule has 16 heavy (non-hydrogen) atoms. The van der Waals surface area contributed by atoms with Gasteiger partial charge in [-0.2, -0.15) is 0 Å². The fraction of sp³-hybridized carbons (Fsp3) is 0.917. The summed E-state index contributed by atoms with van der Waals surface area (Å²) in [4.78, 5) is 11.7. The predicted octanol–water partition coefficient (Wildman–Crippen LogP) is 3.01. The summed E-state index contributed by atoms with van der Waals surface area (Å²) in [6, 6.07) is 0. The number of halogens is 1. The Morgan fingerprint density at radius 3 is 2.38 bits per heavy atom. The molecule has 0 saturated carbocycles. The van der Waals surface area contributed by atoms with E-state index in [1.807, 2.05) is 13.8 Å². The first kappa shape index (κ1) is 15.9. The van der Waals surface area contributed by atoms with Gasteiger partial charge in [-0.25, -0.2) is 0 Å². The quantitative estimate of drug-likeness (QED) is 0.392. The standard InChI is InChI=1S/C12H23BrO3/c1-12(2,11(14)16-4)10(9-13)7-5-6-8-15-3/h10H,5-9H2,1-4H3. The van der Waals surface area contributed by atoms with Crippen LogP contribution in [0.25, 0.3) is 0 Å². The molecule has 0 radical (unpaired) electrons. The first-order chi connectivity index (χ1) is 7.50. The van der Waals surface area contributed by atoms with Crippen LogP contribution in [-0.4, -0.2) is 32.1 Å². The van der Waals surface area contributed by atoms with Crippen LogP contribution in [0.1, 0.15) is 33.1 Å². The Bertz CT molecular complexity index is 204. The van der Waals surface area contributed by atoms with Gasteiger partial charge in [0.15, 0.2) is 0 Å². The second kappa shape index (κ2) is 8.07. The minimum absolute atomic E-state index is 0.135. The highest BCUT2D eigenvalue weighted by Crippen LogP contribution is 2.33. The van der Waals surface area contributed by atoms with E-state index in [1.54, 1.807) is 7.11 Å². The molecule has 0 fully saturated rings. The third-order valence-electron chi connectivity index (χ3n) is 3.07. The number of carbonyl (C=O) groups is 1. The molecule has 0 aliphatic carbocycles. The van der Waals surface area contributed by atoms with Gasteiger partial charge in [-0.3, -0.25) is 4.79 Å². The van der Waals surface area contributed by atoms with Gasteiger partial charge in [0.2, 0.25) is 0 Å². The van der Waals surface area contributed by atoms with Crippen molar-refractivity contribution in [2.45, 2.75) is 33.1 Å². The molecule has 0 rings (SSSR count). The van der Waals surface area contributed by atoms with E-state index in [0.29, 0.717) is 5.92 Å². The lowest BCUT2D eigenvalue weighted by Crippen LogP contribution is -2.35. The maximum absolute atomic E-state index is 11.7. The molecular formula is C12H23BrO3. The van der Waals surface area contributed by atoms with Gasteiger partial charge in [0.05, 0.1) is 12.5 Å². The van der Waals surface area contributed by atoms with Gasteiger partial charge in [-0.15, -0.1) is 0 Å². The number of unbranched alkanes of at least 4 members (excludes halogenated alkanes) is 1. The molecule has 3 nitrogen and oxygen atoms in total. The Morgan fingerprint density at radius 2 is 1.94 bits per heavy atom. The fourth-order valence-corrected chi connectivity index (χ4v) is 2.83. The van der Waals surface area contributed by atoms with E-state index in [-0.39, 0.29) is 5.97 Å². The number of rotatable bonds is 8. The van der Waals surface area contributed by atoms with Crippen LogP contribution < -0.4 is 0 Å². The zero-order valence-corrected chi connectivity index (χ0v) is 12.3. The normalized spacial score (nSPS) is 13.6. The topological polar surface area (TPSA) is 35.5 Å². The molecule has 0 aliphatic rings. The number of methoxy groups -OCH3 is 2. The highest BCUT2D eigenvalue weighted by molar-refractivity contribution is 9.09. The average Bonchev–Trinajstić information content (AvgIpc) is 2.27. The molecule has 0 aliphatic heterocycles. The van der Waals surface area contributed by atoms with Crippen LogP contribution in [0.4, 0.5) is 0 Å². The molecule has 96 valence electrons. The van der Waals surface area contributed by atoms with Gasteiger partial charge in [0.1, 0.15) is 0 Å². The molecule has 0 heterocycles. The number of hydrogen-bond acceptors (Lipinski definition) is 3. The fourth-order valence-electron chi connectivity index (χ4n) is 1.70. The molecule has 4 heteroatoms. The van der Waals surface area contributed by atoms with Gasteiger partial charge in [0.25, 0.3) is 0 Å². The zero-order chi connectivity index (χ0) is 12.6. The SMILES string of the molecule is COCCCCC(CBr)C(C)(C)C(=O)OC. The van der Waals surface area contributed by atoms with Gasteiger partial charge in [-0.1, -0.05) is 22.4 Å². The number of carbonyl (C=O) groups excluding carboxylic acids is 1. The Morgan fingerprint density at radius 1 is 1.31 bits per heavy atom. The van der Waals surface area contributed by atoms with E-state index < -0.39 is 5.41 Å². The van der Waals surface area contributed by atoms with E-state index in [1.165, 1.54) is 7.11 Å². The van der Waals surface area contributed by atoms with E-state index in [9.17, 15) is 4.79 Å². The summed E-state index contributed by atoms with van der Waals surface area (Å²) in [6.07, 6.45) is 3.12. The van der Waals surface area contributed by atoms with Crippen molar-refractivity contribution >= 4 is 21.9 Å². The Kier molecular flexibility index (Phi) is 8.02. The van der Waals surface area contributed by atoms with Crippen LogP contribution in [0.3, 0.4) is 0 Å². The molecule has 0 N–H and O–H groups in total. The number of ether oxygens (including phenoxy) is 2. The largest absolute Gasteiger partial charge is 0.469 e. The molecule has 0 amide bonds. The third kappa shape index (κ3) is 4.83. The molecule has 0 aromatic carbocycles. The van der Waals surface area contributed by atoms with Gasteiger partial charge < -0.3 is 9.47 Å². The second-order valence-corrected chi connectivity index (χ2v) is 5.20. The summed E-state index contributed by atoms with van der Waals surface area (Å²) in [7, 11) is 3.15. The predicted molar refractivity (Wildman–Crippen MR) is 68.8 cm³/mol. The maximum atomic E-state index is 11.7. The molecule has 1 unspecified atom stereocenters. The molecule has 0 spiro atoms. The summed E-state index contributed by atoms with van der Waals surface area (Å²) < 4.78 is 9.85. The summed E-state index contributed by atoms with van der Waals surface area (Å²) in [5.74, 6) is 0.167. The van der Waals surface area contributed by atoms with Crippen molar-refractivity contribution in [1.29, 1.82) is 0 Å². The van der Waals surface area contributed by atoms with Gasteiger partial charge >= 0.3 is 5.97 Å².